The highest BCUT2D eigenvalue weighted by Gasteiger charge is 2.26. The molecule has 0 aromatic carbocycles. The molecule has 488 valence electrons. The van der Waals surface area contributed by atoms with Crippen LogP contribution < -0.4 is 0 Å². The van der Waals surface area contributed by atoms with Crippen LogP contribution >= 0.6 is 0 Å². The zero-order valence-corrected chi connectivity index (χ0v) is 57.6. The zero-order chi connectivity index (χ0) is 58.6. The molecular weight excluding hydrogens is 1010 g/mol. The van der Waals surface area contributed by atoms with Gasteiger partial charge in [0.25, 0.3) is 10.1 Å². The van der Waals surface area contributed by atoms with Crippen LogP contribution in [0.3, 0.4) is 0 Å². The average Bonchev–Trinajstić information content (AvgIpc) is 3.46. The van der Waals surface area contributed by atoms with Gasteiger partial charge in [-0.15, -0.1) is 0 Å². The van der Waals surface area contributed by atoms with Crippen LogP contribution in [0.15, 0.2) is 0 Å². The molecule has 81 heavy (non-hydrogen) atoms. The third-order valence-corrected chi connectivity index (χ3v) is 20.0. The van der Waals surface area contributed by atoms with Crippen molar-refractivity contribution >= 4 is 10.1 Å². The Kier molecular flexibility index (Phi) is 68.9. The highest BCUT2D eigenvalue weighted by Crippen LogP contribution is 2.23. The molecule has 0 fully saturated rings. The van der Waals surface area contributed by atoms with Crippen molar-refractivity contribution < 1.29 is 17.5 Å². The summed E-state index contributed by atoms with van der Waals surface area (Å²) >= 11 is 0. The molecule has 0 spiro atoms. The lowest BCUT2D eigenvalue weighted by molar-refractivity contribution is -0.929. The van der Waals surface area contributed by atoms with Crippen LogP contribution in [0.25, 0.3) is 0 Å². The van der Waals surface area contributed by atoms with E-state index in [1.54, 1.807) is 0 Å². The molecule has 0 aliphatic rings. The van der Waals surface area contributed by atoms with E-state index in [1.165, 1.54) is 448 Å². The van der Waals surface area contributed by atoms with Gasteiger partial charge in [-0.05, 0) is 51.4 Å². The minimum atomic E-state index is -3.90. The van der Waals surface area contributed by atoms with Crippen molar-refractivity contribution in [3.63, 3.8) is 0 Å². The van der Waals surface area contributed by atoms with Gasteiger partial charge < -0.3 is 4.48 Å². The molecule has 0 atom stereocenters. The second-order valence-corrected chi connectivity index (χ2v) is 29.1. The predicted octanol–water partition coefficient (Wildman–Crippen LogP) is 27.3. The molecule has 0 rings (SSSR count). The predicted molar refractivity (Wildman–Crippen MR) is 367 cm³/mol. The molecule has 5 heteroatoms. The first kappa shape index (κ1) is 80.9. The Balaban J connectivity index is 4.64. The number of unbranched alkanes of at least 4 members (excludes halogenated alkanes) is 64. The van der Waals surface area contributed by atoms with Gasteiger partial charge in [0.1, 0.15) is 0 Å². The molecule has 0 amide bonds. The molecule has 0 radical (unpaired) electrons. The van der Waals surface area contributed by atoms with Crippen LogP contribution in [0, 0.1) is 0 Å². The van der Waals surface area contributed by atoms with Crippen molar-refractivity contribution in [3.8, 4) is 0 Å². The fraction of sp³-hybridized carbons (Fsp3) is 1.00. The summed E-state index contributed by atoms with van der Waals surface area (Å²) in [6, 6.07) is 0. The number of hydrogen-bond acceptors (Lipinski definition) is 2. The van der Waals surface area contributed by atoms with E-state index in [4.69, 9.17) is 0 Å². The first-order valence-electron chi connectivity index (χ1n) is 38.7. The van der Waals surface area contributed by atoms with Crippen LogP contribution in [0.2, 0.25) is 0 Å². The zero-order valence-electron chi connectivity index (χ0n) is 56.7. The normalized spacial score (nSPS) is 12.2. The van der Waals surface area contributed by atoms with Crippen LogP contribution in [-0.2, 0) is 10.1 Å². The number of rotatable bonds is 74. The lowest BCUT2D eigenvalue weighted by Crippen LogP contribution is -2.51. The Labute approximate surface area is 514 Å². The first-order chi connectivity index (χ1) is 39.9. The van der Waals surface area contributed by atoms with Gasteiger partial charge in [-0.25, -0.2) is 0 Å². The smallest absolute Gasteiger partial charge is 0.264 e. The topological polar surface area (TPSA) is 54.4 Å². The number of hydrogen-bond donors (Lipinski definition) is 1. The summed E-state index contributed by atoms with van der Waals surface area (Å²) in [4.78, 5) is 0. The lowest BCUT2D eigenvalue weighted by Gasteiger charge is -2.39. The lowest BCUT2D eigenvalue weighted by atomic mass is 10.0. The van der Waals surface area contributed by atoms with E-state index >= 15 is 0 Å². The molecule has 0 aromatic heterocycles. The van der Waals surface area contributed by atoms with Crippen LogP contribution in [0.5, 0.6) is 0 Å². The maximum Gasteiger partial charge on any atom is 0.264 e. The Morgan fingerprint density at radius 2 is 0.296 bits per heavy atom. The van der Waals surface area contributed by atoms with Crippen molar-refractivity contribution in [1.29, 1.82) is 0 Å². The van der Waals surface area contributed by atoms with E-state index in [0.717, 1.165) is 13.0 Å². The summed E-state index contributed by atoms with van der Waals surface area (Å²) in [5.74, 6) is -0.0782. The van der Waals surface area contributed by atoms with E-state index in [1.807, 2.05) is 0 Å². The van der Waals surface area contributed by atoms with Crippen molar-refractivity contribution in [1.82, 2.24) is 0 Å². The Morgan fingerprint density at radius 1 is 0.185 bits per heavy atom. The molecule has 0 bridgehead atoms. The summed E-state index contributed by atoms with van der Waals surface area (Å²) < 4.78 is 34.3. The number of nitrogens with zero attached hydrogens (tertiary/aromatic N) is 1. The van der Waals surface area contributed by atoms with Crippen molar-refractivity contribution in [2.45, 2.75) is 457 Å². The largest absolute Gasteiger partial charge is 0.324 e. The van der Waals surface area contributed by atoms with E-state index in [2.05, 4.69) is 20.8 Å². The molecule has 0 heterocycles. The van der Waals surface area contributed by atoms with Crippen molar-refractivity contribution in [2.75, 3.05) is 31.9 Å². The van der Waals surface area contributed by atoms with Gasteiger partial charge >= 0.3 is 0 Å². The SMILES string of the molecule is CCCCCCCCCCCCCCCCCCCCCCCC[N+](CCCCCCCCCCCCCCCCCCCCCCCC)(CCCCCCCCCCCCCCCCCCCCCCCC)CCCCS(=O)(=O)O. The van der Waals surface area contributed by atoms with Gasteiger partial charge in [-0.2, -0.15) is 8.42 Å². The Morgan fingerprint density at radius 3 is 0.420 bits per heavy atom. The van der Waals surface area contributed by atoms with E-state index < -0.39 is 10.1 Å². The third-order valence-electron chi connectivity index (χ3n) is 19.2. The molecule has 4 nitrogen and oxygen atoms in total. The minimum Gasteiger partial charge on any atom is -0.324 e. The summed E-state index contributed by atoms with van der Waals surface area (Å²) in [7, 11) is -3.90. The van der Waals surface area contributed by atoms with Crippen molar-refractivity contribution in [2.24, 2.45) is 0 Å². The van der Waals surface area contributed by atoms with Gasteiger partial charge in [0.05, 0.1) is 31.9 Å². The molecule has 0 saturated heterocycles. The monoisotopic (exact) mass is 1160 g/mol. The highest BCUT2D eigenvalue weighted by atomic mass is 32.2. The second kappa shape index (κ2) is 69.0. The Bertz CT molecular complexity index is 1120. The molecule has 1 N–H and O–H groups in total. The first-order valence-corrected chi connectivity index (χ1v) is 40.3. The number of quaternary nitrogens is 1. The molecule has 0 saturated carbocycles. The fourth-order valence-electron chi connectivity index (χ4n) is 13.6. The maximum absolute atomic E-state index is 11.7. The minimum absolute atomic E-state index is 0.0782. The average molecular weight is 1160 g/mol. The highest BCUT2D eigenvalue weighted by molar-refractivity contribution is 7.85. The molecule has 0 unspecified atom stereocenters. The van der Waals surface area contributed by atoms with E-state index in [0.29, 0.717) is 6.42 Å². The van der Waals surface area contributed by atoms with Gasteiger partial charge in [0.15, 0.2) is 0 Å². The van der Waals surface area contributed by atoms with Gasteiger partial charge in [-0.3, -0.25) is 4.55 Å². The molecule has 0 aliphatic carbocycles. The van der Waals surface area contributed by atoms with E-state index in [-0.39, 0.29) is 5.75 Å². The third kappa shape index (κ3) is 68.9. The summed E-state index contributed by atoms with van der Waals surface area (Å²) in [6.45, 7) is 11.8. The van der Waals surface area contributed by atoms with Gasteiger partial charge in [-0.1, -0.05) is 406 Å². The maximum atomic E-state index is 11.7. The van der Waals surface area contributed by atoms with Crippen LogP contribution in [0.1, 0.15) is 457 Å². The molecule has 0 aromatic rings. The van der Waals surface area contributed by atoms with E-state index in [9.17, 15) is 13.0 Å². The molecule has 0 aliphatic heterocycles. The summed E-state index contributed by atoms with van der Waals surface area (Å²) in [6.07, 6.45) is 95.8. The standard InChI is InChI=1S/C76H155NO3S/c1-4-7-10-13-16-19-22-25-28-31-34-37-40-43-46-49-52-55-58-61-64-67-72-77(75-70-71-76-81(78,79)80,73-68-65-62-59-56-53-50-47-44-41-38-35-32-29-26-23-20-17-14-11-8-5-2)74-69-66-63-60-57-54-51-48-45-42-39-36-33-30-27-24-21-18-15-12-9-6-3/h4-76H2,1-3H3/p+1. The van der Waals surface area contributed by atoms with Crippen LogP contribution in [0.4, 0.5) is 0 Å². The summed E-state index contributed by atoms with van der Waals surface area (Å²) in [5, 5.41) is 0. The van der Waals surface area contributed by atoms with Crippen molar-refractivity contribution in [3.05, 3.63) is 0 Å². The summed E-state index contributed by atoms with van der Waals surface area (Å²) in [5.41, 5.74) is 0. The Hall–Kier alpha value is -0.130. The van der Waals surface area contributed by atoms with Gasteiger partial charge in [0.2, 0.25) is 0 Å². The van der Waals surface area contributed by atoms with Gasteiger partial charge in [0, 0.05) is 0 Å². The molecular formula is C76H156NO3S+. The second-order valence-electron chi connectivity index (χ2n) is 27.5. The van der Waals surface area contributed by atoms with Crippen LogP contribution in [-0.4, -0.2) is 49.4 Å². The quantitative estimate of drug-likeness (QED) is 0.0375. The fourth-order valence-corrected chi connectivity index (χ4v) is 14.1.